The van der Waals surface area contributed by atoms with Crippen LogP contribution in [0.5, 0.6) is 0 Å². The molecule has 0 fully saturated rings. The molecule has 0 heterocycles. The summed E-state index contributed by atoms with van der Waals surface area (Å²) in [4.78, 5) is 0. The Bertz CT molecular complexity index is 481. The maximum atomic E-state index is 2.34. The first-order chi connectivity index (χ1) is 9.20. The van der Waals surface area contributed by atoms with Crippen LogP contribution in [0, 0.1) is 6.92 Å². The van der Waals surface area contributed by atoms with E-state index in [0.717, 1.165) is 0 Å². The van der Waals surface area contributed by atoms with Crippen molar-refractivity contribution in [2.45, 2.75) is 45.4 Å². The van der Waals surface area contributed by atoms with Crippen molar-refractivity contribution in [3.8, 4) is 0 Å². The molecule has 0 aromatic heterocycles. The van der Waals surface area contributed by atoms with E-state index >= 15 is 0 Å². The van der Waals surface area contributed by atoms with E-state index in [4.69, 9.17) is 0 Å². The number of benzene rings is 2. The summed E-state index contributed by atoms with van der Waals surface area (Å²) in [5.41, 5.74) is 4.27. The van der Waals surface area contributed by atoms with Gasteiger partial charge in [-0.05, 0) is 42.7 Å². The molecule has 0 spiro atoms. The SMILES string of the molecule is CCC(CC(C)c1ccc(C)cc1)c1ccccc1. The molecule has 0 amide bonds. The fourth-order valence-corrected chi connectivity index (χ4v) is 2.72. The summed E-state index contributed by atoms with van der Waals surface area (Å²) in [5.74, 6) is 1.28. The molecule has 0 bridgehead atoms. The second kappa shape index (κ2) is 6.56. The highest BCUT2D eigenvalue weighted by Crippen LogP contribution is 2.31. The van der Waals surface area contributed by atoms with Crippen molar-refractivity contribution in [3.05, 3.63) is 71.3 Å². The minimum atomic E-state index is 0.616. The highest BCUT2D eigenvalue weighted by atomic mass is 14.2. The Morgan fingerprint density at radius 2 is 1.47 bits per heavy atom. The number of aryl methyl sites for hydroxylation is 1. The molecule has 0 saturated carbocycles. The van der Waals surface area contributed by atoms with Crippen LogP contribution in [-0.2, 0) is 0 Å². The van der Waals surface area contributed by atoms with Crippen LogP contribution in [0.15, 0.2) is 54.6 Å². The van der Waals surface area contributed by atoms with Crippen LogP contribution in [0.4, 0.5) is 0 Å². The fraction of sp³-hybridized carbons (Fsp3) is 0.368. The average molecular weight is 252 g/mol. The smallest absolute Gasteiger partial charge is 0.0159 e. The molecular weight excluding hydrogens is 228 g/mol. The number of rotatable bonds is 5. The van der Waals surface area contributed by atoms with Crippen molar-refractivity contribution in [2.75, 3.05) is 0 Å². The maximum absolute atomic E-state index is 2.34. The molecular formula is C19H24. The van der Waals surface area contributed by atoms with Gasteiger partial charge in [0.2, 0.25) is 0 Å². The number of hydrogen-bond donors (Lipinski definition) is 0. The van der Waals surface area contributed by atoms with Crippen LogP contribution in [0.25, 0.3) is 0 Å². The van der Waals surface area contributed by atoms with Gasteiger partial charge in [-0.25, -0.2) is 0 Å². The van der Waals surface area contributed by atoms with E-state index in [1.165, 1.54) is 29.5 Å². The van der Waals surface area contributed by atoms with Gasteiger partial charge in [0, 0.05) is 0 Å². The van der Waals surface area contributed by atoms with Crippen LogP contribution in [0.2, 0.25) is 0 Å². The van der Waals surface area contributed by atoms with Gasteiger partial charge in [-0.3, -0.25) is 0 Å². The Balaban J connectivity index is 2.08. The lowest BCUT2D eigenvalue weighted by molar-refractivity contribution is 0.544. The zero-order chi connectivity index (χ0) is 13.7. The first-order valence-electron chi connectivity index (χ1n) is 7.32. The van der Waals surface area contributed by atoms with E-state index in [1.807, 2.05) is 0 Å². The Labute approximate surface area is 117 Å². The van der Waals surface area contributed by atoms with Gasteiger partial charge in [-0.2, -0.15) is 0 Å². The van der Waals surface area contributed by atoms with E-state index < -0.39 is 0 Å². The van der Waals surface area contributed by atoms with Gasteiger partial charge in [0.25, 0.3) is 0 Å². The molecule has 0 N–H and O–H groups in total. The first-order valence-corrected chi connectivity index (χ1v) is 7.32. The van der Waals surface area contributed by atoms with Crippen LogP contribution in [0.1, 0.15) is 55.2 Å². The highest BCUT2D eigenvalue weighted by Gasteiger charge is 2.14. The Morgan fingerprint density at radius 1 is 0.842 bits per heavy atom. The monoisotopic (exact) mass is 252 g/mol. The Hall–Kier alpha value is -1.56. The molecule has 0 aliphatic heterocycles. The normalized spacial score (nSPS) is 14.1. The van der Waals surface area contributed by atoms with Gasteiger partial charge in [0.1, 0.15) is 0 Å². The summed E-state index contributed by atoms with van der Waals surface area (Å²) in [6.45, 7) is 6.78. The van der Waals surface area contributed by atoms with Crippen molar-refractivity contribution in [3.63, 3.8) is 0 Å². The first kappa shape index (κ1) is 13.9. The lowest BCUT2D eigenvalue weighted by Gasteiger charge is -2.20. The summed E-state index contributed by atoms with van der Waals surface area (Å²) < 4.78 is 0. The van der Waals surface area contributed by atoms with E-state index in [0.29, 0.717) is 11.8 Å². The van der Waals surface area contributed by atoms with Gasteiger partial charge in [-0.1, -0.05) is 74.0 Å². The molecule has 0 radical (unpaired) electrons. The molecule has 0 heteroatoms. The lowest BCUT2D eigenvalue weighted by Crippen LogP contribution is -2.03. The van der Waals surface area contributed by atoms with E-state index in [-0.39, 0.29) is 0 Å². The standard InChI is InChI=1S/C19H24/c1-4-17(19-8-6-5-7-9-19)14-16(3)18-12-10-15(2)11-13-18/h5-13,16-17H,4,14H2,1-3H3. The molecule has 2 rings (SSSR count). The number of hydrogen-bond acceptors (Lipinski definition) is 0. The molecule has 2 aromatic carbocycles. The van der Waals surface area contributed by atoms with Crippen LogP contribution in [0.3, 0.4) is 0 Å². The van der Waals surface area contributed by atoms with Crippen molar-refractivity contribution in [1.82, 2.24) is 0 Å². The van der Waals surface area contributed by atoms with Gasteiger partial charge >= 0.3 is 0 Å². The molecule has 0 saturated heterocycles. The van der Waals surface area contributed by atoms with E-state index in [1.54, 1.807) is 0 Å². The zero-order valence-electron chi connectivity index (χ0n) is 12.3. The molecule has 0 aliphatic rings. The van der Waals surface area contributed by atoms with Crippen molar-refractivity contribution >= 4 is 0 Å². The minimum absolute atomic E-state index is 0.616. The average Bonchev–Trinajstić information content (AvgIpc) is 2.46. The molecule has 100 valence electrons. The van der Waals surface area contributed by atoms with Gasteiger partial charge < -0.3 is 0 Å². The summed E-state index contributed by atoms with van der Waals surface area (Å²) in [6.07, 6.45) is 2.43. The van der Waals surface area contributed by atoms with E-state index in [2.05, 4.69) is 75.4 Å². The summed E-state index contributed by atoms with van der Waals surface area (Å²) in [6, 6.07) is 19.9. The third kappa shape index (κ3) is 3.70. The second-order valence-corrected chi connectivity index (χ2v) is 5.56. The molecule has 2 unspecified atom stereocenters. The fourth-order valence-electron chi connectivity index (χ4n) is 2.72. The van der Waals surface area contributed by atoms with Crippen molar-refractivity contribution < 1.29 is 0 Å². The largest absolute Gasteiger partial charge is 0.0648 e. The van der Waals surface area contributed by atoms with E-state index in [9.17, 15) is 0 Å². The summed E-state index contributed by atoms with van der Waals surface area (Å²) >= 11 is 0. The zero-order valence-corrected chi connectivity index (χ0v) is 12.3. The molecule has 2 atom stereocenters. The molecule has 2 aromatic rings. The van der Waals surface area contributed by atoms with Gasteiger partial charge in [-0.15, -0.1) is 0 Å². The summed E-state index contributed by atoms with van der Waals surface area (Å²) in [5, 5.41) is 0. The van der Waals surface area contributed by atoms with Crippen LogP contribution >= 0.6 is 0 Å². The van der Waals surface area contributed by atoms with Gasteiger partial charge in [0.15, 0.2) is 0 Å². The Morgan fingerprint density at radius 3 is 2.05 bits per heavy atom. The molecule has 0 nitrogen and oxygen atoms in total. The summed E-state index contributed by atoms with van der Waals surface area (Å²) in [7, 11) is 0. The lowest BCUT2D eigenvalue weighted by atomic mass is 9.84. The van der Waals surface area contributed by atoms with Crippen LogP contribution in [-0.4, -0.2) is 0 Å². The quantitative estimate of drug-likeness (QED) is 0.642. The third-order valence-electron chi connectivity index (χ3n) is 4.05. The van der Waals surface area contributed by atoms with Crippen LogP contribution < -0.4 is 0 Å². The topological polar surface area (TPSA) is 0 Å². The van der Waals surface area contributed by atoms with Crippen molar-refractivity contribution in [1.29, 1.82) is 0 Å². The second-order valence-electron chi connectivity index (χ2n) is 5.56. The third-order valence-corrected chi connectivity index (χ3v) is 4.05. The maximum Gasteiger partial charge on any atom is -0.0159 e. The van der Waals surface area contributed by atoms with Gasteiger partial charge in [0.05, 0.1) is 0 Å². The Kier molecular flexibility index (Phi) is 4.79. The predicted molar refractivity (Wildman–Crippen MR) is 83.7 cm³/mol. The minimum Gasteiger partial charge on any atom is -0.0648 e. The highest BCUT2D eigenvalue weighted by molar-refractivity contribution is 5.26. The molecule has 19 heavy (non-hydrogen) atoms. The predicted octanol–water partition coefficient (Wildman–Crippen LogP) is 5.68. The van der Waals surface area contributed by atoms with Crippen molar-refractivity contribution in [2.24, 2.45) is 0 Å². The molecule has 0 aliphatic carbocycles.